The van der Waals surface area contributed by atoms with Crippen LogP contribution in [0.1, 0.15) is 232 Å². The van der Waals surface area contributed by atoms with Crippen molar-refractivity contribution in [3.05, 3.63) is 24.3 Å². The average molecular weight is 1020 g/mol. The predicted octanol–water partition coefficient (Wildman–Crippen LogP) is 9.97. The number of esters is 1. The van der Waals surface area contributed by atoms with E-state index in [1.807, 2.05) is 0 Å². The van der Waals surface area contributed by atoms with Crippen LogP contribution >= 0.6 is 0 Å². The highest BCUT2D eigenvalue weighted by Gasteiger charge is 2.47. The molecule has 0 radical (unpaired) electrons. The summed E-state index contributed by atoms with van der Waals surface area (Å²) in [6.07, 6.45) is 33.8. The smallest absolute Gasteiger partial charge is 0.306 e. The molecular formula is C57H106O14. The number of carbonyl (C=O) groups excluding carboxylic acids is 1. The zero-order valence-corrected chi connectivity index (χ0v) is 44.7. The Balaban J connectivity index is 1.72. The Morgan fingerprint density at radius 1 is 0.465 bits per heavy atom. The minimum atomic E-state index is -1.71. The molecule has 0 amide bonds. The molecule has 7 N–H and O–H groups in total. The molecule has 14 nitrogen and oxygen atoms in total. The largest absolute Gasteiger partial charge is 0.457 e. The number of carbonyl (C=O) groups is 1. The number of allylic oxidation sites excluding steroid dienone is 4. The standard InChI is InChI=1S/C57H106O14/c1-3-5-7-9-11-13-15-17-19-21-22-23-25-27-29-31-33-35-37-39-41-66-43-46(69-49(59)40-38-36-34-32-30-28-26-24-20-18-16-14-12-10-8-6-4-2)44-67-56-55(65)53(63)51(61)48(71-56)45-68-57-54(64)52(62)50(60)47(42-58)70-57/h12,14,18,20,46-48,50-58,60-65H,3-11,13,15-17,19,21-45H2,1-2H3/b14-12-,20-18-. The van der Waals surface area contributed by atoms with E-state index in [1.54, 1.807) is 0 Å². The van der Waals surface area contributed by atoms with E-state index >= 15 is 0 Å². The number of unbranched alkanes of at least 4 members (excludes halogenated alkanes) is 29. The van der Waals surface area contributed by atoms with Crippen LogP contribution in [0.2, 0.25) is 0 Å². The number of hydrogen-bond donors (Lipinski definition) is 7. The molecule has 2 fully saturated rings. The third-order valence-electron chi connectivity index (χ3n) is 14.0. The fraction of sp³-hybridized carbons (Fsp3) is 0.912. The van der Waals surface area contributed by atoms with E-state index in [2.05, 4.69) is 38.2 Å². The third kappa shape index (κ3) is 31.8. The van der Waals surface area contributed by atoms with Crippen LogP contribution in [-0.2, 0) is 33.2 Å². The Morgan fingerprint density at radius 3 is 1.38 bits per heavy atom. The molecular weight excluding hydrogens is 909 g/mol. The molecule has 0 aromatic rings. The van der Waals surface area contributed by atoms with Gasteiger partial charge in [0.25, 0.3) is 0 Å². The van der Waals surface area contributed by atoms with Gasteiger partial charge < -0.3 is 64.2 Å². The first kappa shape index (κ1) is 65.6. The molecule has 11 atom stereocenters. The second-order valence-corrected chi connectivity index (χ2v) is 20.5. The summed E-state index contributed by atoms with van der Waals surface area (Å²) in [5.74, 6) is -0.380. The lowest BCUT2D eigenvalue weighted by molar-refractivity contribution is -0.332. The van der Waals surface area contributed by atoms with Gasteiger partial charge in [-0.3, -0.25) is 4.79 Å². The summed E-state index contributed by atoms with van der Waals surface area (Å²) in [6.45, 7) is 3.70. The highest BCUT2D eigenvalue weighted by Crippen LogP contribution is 2.27. The molecule has 0 spiro atoms. The highest BCUT2D eigenvalue weighted by molar-refractivity contribution is 5.69. The Morgan fingerprint density at radius 2 is 0.873 bits per heavy atom. The zero-order valence-electron chi connectivity index (χ0n) is 44.7. The highest BCUT2D eigenvalue weighted by atomic mass is 16.7. The van der Waals surface area contributed by atoms with E-state index in [0.29, 0.717) is 13.0 Å². The monoisotopic (exact) mass is 1010 g/mol. The molecule has 2 heterocycles. The quantitative estimate of drug-likeness (QED) is 0.0172. The van der Waals surface area contributed by atoms with Gasteiger partial charge in [0.05, 0.1) is 26.4 Å². The summed E-state index contributed by atoms with van der Waals surface area (Å²) in [5, 5.41) is 72.3. The van der Waals surface area contributed by atoms with Crippen LogP contribution in [0.25, 0.3) is 0 Å². The number of hydrogen-bond acceptors (Lipinski definition) is 14. The molecule has 2 saturated heterocycles. The van der Waals surface area contributed by atoms with Crippen molar-refractivity contribution < 1.29 is 69.0 Å². The van der Waals surface area contributed by atoms with Crippen LogP contribution in [-0.4, -0.2) is 142 Å². The van der Waals surface area contributed by atoms with Crippen molar-refractivity contribution >= 4 is 5.97 Å². The van der Waals surface area contributed by atoms with E-state index < -0.39 is 80.7 Å². The van der Waals surface area contributed by atoms with Gasteiger partial charge in [-0.15, -0.1) is 0 Å². The molecule has 0 aromatic heterocycles. The van der Waals surface area contributed by atoms with Crippen LogP contribution in [0, 0.1) is 0 Å². The molecule has 0 bridgehead atoms. The van der Waals surface area contributed by atoms with Gasteiger partial charge in [0.15, 0.2) is 12.6 Å². The molecule has 14 heteroatoms. The molecule has 2 rings (SSSR count). The summed E-state index contributed by atoms with van der Waals surface area (Å²) in [4.78, 5) is 13.1. The van der Waals surface area contributed by atoms with Crippen molar-refractivity contribution in [3.8, 4) is 0 Å². The van der Waals surface area contributed by atoms with Gasteiger partial charge >= 0.3 is 5.97 Å². The maximum absolute atomic E-state index is 13.1. The maximum Gasteiger partial charge on any atom is 0.306 e. The molecule has 11 unspecified atom stereocenters. The molecule has 0 saturated carbocycles. The lowest BCUT2D eigenvalue weighted by Gasteiger charge is -2.42. The van der Waals surface area contributed by atoms with E-state index in [4.69, 9.17) is 28.4 Å². The molecule has 2 aliphatic rings. The van der Waals surface area contributed by atoms with E-state index in [9.17, 15) is 40.5 Å². The Kier molecular flexibility index (Phi) is 41.3. The van der Waals surface area contributed by atoms with E-state index in [-0.39, 0.29) is 25.6 Å². The summed E-state index contributed by atoms with van der Waals surface area (Å²) >= 11 is 0. The molecule has 0 aromatic carbocycles. The van der Waals surface area contributed by atoms with Crippen molar-refractivity contribution in [3.63, 3.8) is 0 Å². The van der Waals surface area contributed by atoms with Crippen LogP contribution in [0.15, 0.2) is 24.3 Å². The number of aliphatic hydroxyl groups is 7. The predicted molar refractivity (Wildman–Crippen MR) is 280 cm³/mol. The maximum atomic E-state index is 13.1. The number of ether oxygens (including phenoxy) is 6. The molecule has 2 aliphatic heterocycles. The first-order valence-corrected chi connectivity index (χ1v) is 28.9. The van der Waals surface area contributed by atoms with Crippen molar-refractivity contribution in [2.45, 2.75) is 300 Å². The Bertz CT molecular complexity index is 1270. The number of aliphatic hydroxyl groups excluding tert-OH is 7. The van der Waals surface area contributed by atoms with Gasteiger partial charge in [-0.05, 0) is 44.9 Å². The first-order chi connectivity index (χ1) is 34.6. The van der Waals surface area contributed by atoms with E-state index in [0.717, 1.165) is 51.4 Å². The van der Waals surface area contributed by atoms with Gasteiger partial charge in [0, 0.05) is 13.0 Å². The van der Waals surface area contributed by atoms with Crippen LogP contribution in [0.3, 0.4) is 0 Å². The SMILES string of the molecule is CCCCC/C=C\C/C=C\CCCCCCCCCC(=O)OC(COCCCCCCCCCCCCCCCCCCCCCC)COC1OC(COC2OC(CO)C(O)C(O)C2O)C(O)C(O)C1O. The third-order valence-corrected chi connectivity index (χ3v) is 14.0. The normalized spacial score (nSPS) is 25.4. The summed E-state index contributed by atoms with van der Waals surface area (Å²) in [5.41, 5.74) is 0. The summed E-state index contributed by atoms with van der Waals surface area (Å²) in [7, 11) is 0. The minimum absolute atomic E-state index is 0.0629. The first-order valence-electron chi connectivity index (χ1n) is 28.9. The minimum Gasteiger partial charge on any atom is -0.457 e. The summed E-state index contributed by atoms with van der Waals surface area (Å²) < 4.78 is 34.4. The van der Waals surface area contributed by atoms with Gasteiger partial charge in [0.2, 0.25) is 0 Å². The van der Waals surface area contributed by atoms with Crippen molar-refractivity contribution in [1.82, 2.24) is 0 Å². The topological polar surface area (TPSA) is 214 Å². The Labute approximate surface area is 430 Å². The second kappa shape index (κ2) is 44.7. The average Bonchev–Trinajstić information content (AvgIpc) is 3.37. The number of rotatable bonds is 47. The van der Waals surface area contributed by atoms with Crippen molar-refractivity contribution in [2.24, 2.45) is 0 Å². The lowest BCUT2D eigenvalue weighted by atomic mass is 9.98. The van der Waals surface area contributed by atoms with Crippen molar-refractivity contribution in [2.75, 3.05) is 33.0 Å². The van der Waals surface area contributed by atoms with Gasteiger partial charge in [0.1, 0.15) is 54.9 Å². The van der Waals surface area contributed by atoms with E-state index in [1.165, 1.54) is 154 Å². The summed E-state index contributed by atoms with van der Waals surface area (Å²) in [6, 6.07) is 0. The fourth-order valence-corrected chi connectivity index (χ4v) is 9.26. The van der Waals surface area contributed by atoms with Gasteiger partial charge in [-0.2, -0.15) is 0 Å². The molecule has 0 aliphatic carbocycles. The fourth-order valence-electron chi connectivity index (χ4n) is 9.26. The molecule has 418 valence electrons. The van der Waals surface area contributed by atoms with Gasteiger partial charge in [-0.25, -0.2) is 0 Å². The van der Waals surface area contributed by atoms with Gasteiger partial charge in [-0.1, -0.05) is 205 Å². The zero-order chi connectivity index (χ0) is 51.6. The van der Waals surface area contributed by atoms with Crippen molar-refractivity contribution in [1.29, 1.82) is 0 Å². The van der Waals surface area contributed by atoms with Crippen LogP contribution in [0.5, 0.6) is 0 Å². The van der Waals surface area contributed by atoms with Crippen LogP contribution < -0.4 is 0 Å². The molecule has 71 heavy (non-hydrogen) atoms. The lowest BCUT2D eigenvalue weighted by Crippen LogP contribution is -2.61. The second-order valence-electron chi connectivity index (χ2n) is 20.5. The Hall–Kier alpha value is -1.53. The van der Waals surface area contributed by atoms with Crippen LogP contribution in [0.4, 0.5) is 0 Å².